The van der Waals surface area contributed by atoms with E-state index in [9.17, 15) is 18.0 Å². The zero-order valence-electron chi connectivity index (χ0n) is 15.1. The average Bonchev–Trinajstić information content (AvgIpc) is 2.65. The third-order valence-electron chi connectivity index (χ3n) is 3.84. The Morgan fingerprint density at radius 3 is 2.43 bits per heavy atom. The second-order valence-electron chi connectivity index (χ2n) is 6.57. The van der Waals surface area contributed by atoms with Crippen molar-refractivity contribution >= 4 is 22.8 Å². The van der Waals surface area contributed by atoms with Crippen molar-refractivity contribution in [1.29, 1.82) is 0 Å². The van der Waals surface area contributed by atoms with Gasteiger partial charge in [-0.1, -0.05) is 0 Å². The molecule has 0 aliphatic rings. The van der Waals surface area contributed by atoms with Crippen LogP contribution in [0.4, 0.5) is 19.0 Å². The number of benzene rings is 1. The highest BCUT2D eigenvalue weighted by Gasteiger charge is 2.33. The standard InChI is InChI=1S/C18H17F3N6O/c1-17(2,16(28)25-10-18(19,20)21)27-14-5-6-24-15(26-14)11-3-4-12-13(9-11)23-8-7-22-12/h3-9H,10H2,1-2H3,(H,25,28)(H,24,26,27). The lowest BCUT2D eigenvalue weighted by Gasteiger charge is -2.26. The molecule has 2 heterocycles. The molecule has 1 aromatic carbocycles. The molecule has 0 aliphatic carbocycles. The highest BCUT2D eigenvalue weighted by atomic mass is 19.4. The molecule has 0 radical (unpaired) electrons. The quantitative estimate of drug-likeness (QED) is 0.696. The van der Waals surface area contributed by atoms with Crippen LogP contribution in [0.25, 0.3) is 22.4 Å². The predicted octanol–water partition coefficient (Wildman–Crippen LogP) is 2.96. The van der Waals surface area contributed by atoms with Crippen LogP contribution in [0.3, 0.4) is 0 Å². The molecular formula is C18H17F3N6O. The third kappa shape index (κ3) is 4.70. The van der Waals surface area contributed by atoms with Crippen molar-refractivity contribution in [3.8, 4) is 11.4 Å². The van der Waals surface area contributed by atoms with E-state index in [1.807, 2.05) is 5.32 Å². The normalized spacial score (nSPS) is 12.0. The smallest absolute Gasteiger partial charge is 0.356 e. The van der Waals surface area contributed by atoms with E-state index in [0.717, 1.165) is 5.52 Å². The van der Waals surface area contributed by atoms with Gasteiger partial charge in [0, 0.05) is 24.2 Å². The summed E-state index contributed by atoms with van der Waals surface area (Å²) < 4.78 is 37.0. The summed E-state index contributed by atoms with van der Waals surface area (Å²) in [6.45, 7) is 1.53. The summed E-state index contributed by atoms with van der Waals surface area (Å²) in [5.74, 6) is -0.119. The third-order valence-corrected chi connectivity index (χ3v) is 3.84. The van der Waals surface area contributed by atoms with E-state index in [1.54, 1.807) is 30.6 Å². The number of carbonyl (C=O) groups excluding carboxylic acids is 1. The summed E-state index contributed by atoms with van der Waals surface area (Å²) in [5, 5.41) is 4.71. The van der Waals surface area contributed by atoms with Gasteiger partial charge >= 0.3 is 6.18 Å². The molecule has 10 heteroatoms. The summed E-state index contributed by atoms with van der Waals surface area (Å²) in [5.41, 5.74) is 0.777. The van der Waals surface area contributed by atoms with Crippen LogP contribution >= 0.6 is 0 Å². The molecule has 0 unspecified atom stereocenters. The minimum Gasteiger partial charge on any atom is -0.356 e. The van der Waals surface area contributed by atoms with Crippen molar-refractivity contribution in [3.63, 3.8) is 0 Å². The molecule has 0 fully saturated rings. The SMILES string of the molecule is CC(C)(Nc1ccnc(-c2ccc3nccnc3c2)n1)C(=O)NCC(F)(F)F. The van der Waals surface area contributed by atoms with Gasteiger partial charge in [-0.15, -0.1) is 0 Å². The summed E-state index contributed by atoms with van der Waals surface area (Å²) in [6.07, 6.45) is 0.185. The van der Waals surface area contributed by atoms with Gasteiger partial charge in [0.05, 0.1) is 11.0 Å². The molecular weight excluding hydrogens is 373 g/mol. The number of anilines is 1. The Morgan fingerprint density at radius 2 is 1.71 bits per heavy atom. The van der Waals surface area contributed by atoms with Crippen molar-refractivity contribution in [1.82, 2.24) is 25.3 Å². The number of hydrogen-bond donors (Lipinski definition) is 2. The van der Waals surface area contributed by atoms with Crippen LogP contribution in [0.1, 0.15) is 13.8 Å². The number of carbonyl (C=O) groups is 1. The molecule has 0 atom stereocenters. The molecule has 2 N–H and O–H groups in total. The fraction of sp³-hybridized carbons (Fsp3) is 0.278. The lowest BCUT2D eigenvalue weighted by Crippen LogP contribution is -2.50. The van der Waals surface area contributed by atoms with E-state index >= 15 is 0 Å². The van der Waals surface area contributed by atoms with E-state index in [1.165, 1.54) is 26.1 Å². The zero-order valence-corrected chi connectivity index (χ0v) is 15.1. The molecule has 146 valence electrons. The Kier molecular flexibility index (Phi) is 5.12. The van der Waals surface area contributed by atoms with Gasteiger partial charge in [0.1, 0.15) is 17.9 Å². The van der Waals surface area contributed by atoms with Gasteiger partial charge < -0.3 is 10.6 Å². The summed E-state index contributed by atoms with van der Waals surface area (Å²) in [6, 6.07) is 6.89. The maximum Gasteiger partial charge on any atom is 0.405 e. The Bertz CT molecular complexity index is 1010. The first kappa shape index (κ1) is 19.5. The van der Waals surface area contributed by atoms with Crippen molar-refractivity contribution in [2.24, 2.45) is 0 Å². The predicted molar refractivity (Wildman–Crippen MR) is 97.3 cm³/mol. The molecule has 28 heavy (non-hydrogen) atoms. The number of hydrogen-bond acceptors (Lipinski definition) is 6. The lowest BCUT2D eigenvalue weighted by molar-refractivity contribution is -0.140. The molecule has 0 bridgehead atoms. The number of amides is 1. The molecule has 3 aromatic rings. The van der Waals surface area contributed by atoms with Gasteiger partial charge in [-0.25, -0.2) is 9.97 Å². The van der Waals surface area contributed by atoms with E-state index < -0.39 is 24.2 Å². The first-order valence-corrected chi connectivity index (χ1v) is 8.31. The largest absolute Gasteiger partial charge is 0.405 e. The number of rotatable bonds is 5. The van der Waals surface area contributed by atoms with Crippen LogP contribution in [-0.2, 0) is 4.79 Å². The maximum absolute atomic E-state index is 12.3. The number of nitrogens with one attached hydrogen (secondary N) is 2. The second kappa shape index (κ2) is 7.37. The summed E-state index contributed by atoms with van der Waals surface area (Å²) in [7, 11) is 0. The second-order valence-corrected chi connectivity index (χ2v) is 6.57. The van der Waals surface area contributed by atoms with Crippen molar-refractivity contribution in [2.75, 3.05) is 11.9 Å². The Labute approximate surface area is 158 Å². The Morgan fingerprint density at radius 1 is 1.00 bits per heavy atom. The lowest BCUT2D eigenvalue weighted by atomic mass is 10.0. The molecule has 3 rings (SSSR count). The van der Waals surface area contributed by atoms with Crippen LogP contribution in [0.5, 0.6) is 0 Å². The highest BCUT2D eigenvalue weighted by Crippen LogP contribution is 2.22. The van der Waals surface area contributed by atoms with E-state index in [0.29, 0.717) is 22.7 Å². The number of halogens is 3. The van der Waals surface area contributed by atoms with Gasteiger partial charge in [0.15, 0.2) is 5.82 Å². The van der Waals surface area contributed by atoms with Crippen LogP contribution in [0.2, 0.25) is 0 Å². The van der Waals surface area contributed by atoms with Gasteiger partial charge in [-0.3, -0.25) is 14.8 Å². The monoisotopic (exact) mass is 390 g/mol. The number of alkyl halides is 3. The first-order valence-electron chi connectivity index (χ1n) is 8.31. The van der Waals surface area contributed by atoms with Gasteiger partial charge in [-0.05, 0) is 38.1 Å². The first-order chi connectivity index (χ1) is 13.1. The van der Waals surface area contributed by atoms with E-state index in [-0.39, 0.29) is 0 Å². The van der Waals surface area contributed by atoms with Gasteiger partial charge in [0.2, 0.25) is 5.91 Å². The van der Waals surface area contributed by atoms with Crippen LogP contribution in [-0.4, -0.2) is 44.1 Å². The van der Waals surface area contributed by atoms with Crippen molar-refractivity contribution < 1.29 is 18.0 Å². The molecule has 7 nitrogen and oxygen atoms in total. The number of aromatic nitrogens is 4. The minimum absolute atomic E-state index is 0.302. The minimum atomic E-state index is -4.48. The van der Waals surface area contributed by atoms with Gasteiger partial charge in [0.25, 0.3) is 0 Å². The molecule has 1 amide bonds. The summed E-state index contributed by atoms with van der Waals surface area (Å²) >= 11 is 0. The molecule has 0 saturated carbocycles. The van der Waals surface area contributed by atoms with Gasteiger partial charge in [-0.2, -0.15) is 13.2 Å². The molecule has 0 aliphatic heterocycles. The fourth-order valence-electron chi connectivity index (χ4n) is 2.45. The number of nitrogens with zero attached hydrogens (tertiary/aromatic N) is 4. The summed E-state index contributed by atoms with van der Waals surface area (Å²) in [4.78, 5) is 29.1. The van der Waals surface area contributed by atoms with Crippen molar-refractivity contribution in [2.45, 2.75) is 25.6 Å². The molecule has 0 saturated heterocycles. The zero-order chi connectivity index (χ0) is 20.4. The van der Waals surface area contributed by atoms with Crippen molar-refractivity contribution in [3.05, 3.63) is 42.9 Å². The van der Waals surface area contributed by atoms with Crippen LogP contribution in [0, 0.1) is 0 Å². The topological polar surface area (TPSA) is 92.7 Å². The fourth-order valence-corrected chi connectivity index (χ4v) is 2.45. The highest BCUT2D eigenvalue weighted by molar-refractivity contribution is 5.88. The molecule has 2 aromatic heterocycles. The molecule has 0 spiro atoms. The average molecular weight is 390 g/mol. The van der Waals surface area contributed by atoms with E-state index in [2.05, 4.69) is 25.3 Å². The number of fused-ring (bicyclic) bond motifs is 1. The maximum atomic E-state index is 12.3. The van der Waals surface area contributed by atoms with E-state index in [4.69, 9.17) is 0 Å². The van der Waals surface area contributed by atoms with Crippen LogP contribution < -0.4 is 10.6 Å². The van der Waals surface area contributed by atoms with Crippen LogP contribution in [0.15, 0.2) is 42.9 Å². The Balaban J connectivity index is 1.79. The Hall–Kier alpha value is -3.30.